The summed E-state index contributed by atoms with van der Waals surface area (Å²) in [6.45, 7) is 5.05. The largest absolute Gasteiger partial charge is 0.490 e. The van der Waals surface area contributed by atoms with E-state index in [-0.39, 0.29) is 17.9 Å². The molecule has 0 unspecified atom stereocenters. The van der Waals surface area contributed by atoms with Gasteiger partial charge in [-0.2, -0.15) is 0 Å². The maximum Gasteiger partial charge on any atom is 0.251 e. The lowest BCUT2D eigenvalue weighted by atomic mass is 10.1. The average Bonchev–Trinajstić information content (AvgIpc) is 3.35. The average molecular weight is 392 g/mol. The van der Waals surface area contributed by atoms with E-state index >= 15 is 0 Å². The van der Waals surface area contributed by atoms with Crippen molar-refractivity contribution in [3.63, 3.8) is 0 Å². The highest BCUT2D eigenvalue weighted by molar-refractivity contribution is 5.99. The first-order chi connectivity index (χ1) is 14.1. The van der Waals surface area contributed by atoms with E-state index in [4.69, 9.17) is 9.15 Å². The SMILES string of the molecule is CCOc1cccc2cc([C@@H](C)NC(=O)c3cccc(N4CCCC4=O)c3)oc12. The fourth-order valence-electron chi connectivity index (χ4n) is 3.63. The standard InChI is InChI=1S/C23H24N2O4/c1-3-28-19-10-5-7-16-14-20(29-22(16)19)15(2)24-23(27)17-8-4-9-18(13-17)25-12-6-11-21(25)26/h4-5,7-10,13-15H,3,6,11-12H2,1-2H3,(H,24,27)/t15-/m1/s1. The van der Waals surface area contributed by atoms with Crippen molar-refractivity contribution in [3.05, 3.63) is 59.9 Å². The number of nitrogens with one attached hydrogen (secondary N) is 1. The summed E-state index contributed by atoms with van der Waals surface area (Å²) in [5, 5.41) is 3.91. The Morgan fingerprint density at radius 1 is 1.24 bits per heavy atom. The molecule has 1 aliphatic heterocycles. The Labute approximate surface area is 169 Å². The molecule has 6 nitrogen and oxygen atoms in total. The molecule has 1 N–H and O–H groups in total. The molecule has 4 rings (SSSR count). The zero-order chi connectivity index (χ0) is 20.4. The quantitative estimate of drug-likeness (QED) is 0.673. The molecule has 0 bridgehead atoms. The Kier molecular flexibility index (Phi) is 5.25. The molecule has 0 spiro atoms. The van der Waals surface area contributed by atoms with Crippen LogP contribution in [0, 0.1) is 0 Å². The molecule has 2 aromatic carbocycles. The second kappa shape index (κ2) is 7.99. The van der Waals surface area contributed by atoms with Crippen LogP contribution in [0.3, 0.4) is 0 Å². The molecule has 1 aliphatic rings. The lowest BCUT2D eigenvalue weighted by Gasteiger charge is -2.17. The fourth-order valence-corrected chi connectivity index (χ4v) is 3.63. The van der Waals surface area contributed by atoms with Crippen molar-refractivity contribution < 1.29 is 18.7 Å². The van der Waals surface area contributed by atoms with Crippen LogP contribution in [0.4, 0.5) is 5.69 Å². The third-order valence-electron chi connectivity index (χ3n) is 5.09. The van der Waals surface area contributed by atoms with E-state index in [0.29, 0.717) is 42.2 Å². The van der Waals surface area contributed by atoms with Gasteiger partial charge >= 0.3 is 0 Å². The summed E-state index contributed by atoms with van der Waals surface area (Å²) in [4.78, 5) is 26.5. The van der Waals surface area contributed by atoms with Crippen molar-refractivity contribution in [3.8, 4) is 5.75 Å². The Morgan fingerprint density at radius 3 is 2.83 bits per heavy atom. The molecule has 2 amide bonds. The van der Waals surface area contributed by atoms with Gasteiger partial charge in [-0.05, 0) is 50.6 Å². The first-order valence-electron chi connectivity index (χ1n) is 9.93. The van der Waals surface area contributed by atoms with Gasteiger partial charge in [-0.25, -0.2) is 0 Å². The molecule has 0 saturated carbocycles. The van der Waals surface area contributed by atoms with Crippen LogP contribution in [0.25, 0.3) is 11.0 Å². The normalized spacial score (nSPS) is 15.0. The van der Waals surface area contributed by atoms with E-state index in [1.165, 1.54) is 0 Å². The van der Waals surface area contributed by atoms with Crippen LogP contribution in [0.1, 0.15) is 48.8 Å². The van der Waals surface area contributed by atoms with E-state index in [0.717, 1.165) is 17.5 Å². The molecular formula is C23H24N2O4. The predicted molar refractivity (Wildman–Crippen MR) is 111 cm³/mol. The highest BCUT2D eigenvalue weighted by atomic mass is 16.5. The zero-order valence-electron chi connectivity index (χ0n) is 16.6. The Bertz CT molecular complexity index is 1060. The zero-order valence-corrected chi connectivity index (χ0v) is 16.6. The van der Waals surface area contributed by atoms with E-state index in [1.807, 2.05) is 44.2 Å². The molecule has 1 fully saturated rings. The lowest BCUT2D eigenvalue weighted by Crippen LogP contribution is -2.27. The third-order valence-corrected chi connectivity index (χ3v) is 5.09. The second-order valence-corrected chi connectivity index (χ2v) is 7.15. The van der Waals surface area contributed by atoms with Gasteiger partial charge in [-0.1, -0.05) is 18.2 Å². The van der Waals surface area contributed by atoms with Gasteiger partial charge in [-0.3, -0.25) is 9.59 Å². The summed E-state index contributed by atoms with van der Waals surface area (Å²) in [5.74, 6) is 1.24. The number of benzene rings is 2. The summed E-state index contributed by atoms with van der Waals surface area (Å²) >= 11 is 0. The number of anilines is 1. The predicted octanol–water partition coefficient (Wildman–Crippen LogP) is 4.45. The second-order valence-electron chi connectivity index (χ2n) is 7.15. The van der Waals surface area contributed by atoms with E-state index in [9.17, 15) is 9.59 Å². The van der Waals surface area contributed by atoms with Crippen LogP contribution >= 0.6 is 0 Å². The highest BCUT2D eigenvalue weighted by Crippen LogP contribution is 2.31. The van der Waals surface area contributed by atoms with Crippen LogP contribution in [0.15, 0.2) is 52.9 Å². The van der Waals surface area contributed by atoms with Gasteiger partial charge < -0.3 is 19.4 Å². The summed E-state index contributed by atoms with van der Waals surface area (Å²) in [5.41, 5.74) is 1.96. The van der Waals surface area contributed by atoms with E-state index < -0.39 is 0 Å². The van der Waals surface area contributed by atoms with Crippen LogP contribution < -0.4 is 15.0 Å². The van der Waals surface area contributed by atoms with Crippen LogP contribution in [0.2, 0.25) is 0 Å². The van der Waals surface area contributed by atoms with Gasteiger partial charge in [0.25, 0.3) is 5.91 Å². The molecule has 0 aliphatic carbocycles. The molecular weight excluding hydrogens is 368 g/mol. The number of carbonyl (C=O) groups is 2. The summed E-state index contributed by atoms with van der Waals surface area (Å²) in [6, 6.07) is 14.5. The smallest absolute Gasteiger partial charge is 0.251 e. The van der Waals surface area contributed by atoms with Gasteiger partial charge in [0, 0.05) is 29.6 Å². The molecule has 1 saturated heterocycles. The minimum absolute atomic E-state index is 0.100. The molecule has 29 heavy (non-hydrogen) atoms. The van der Waals surface area contributed by atoms with Crippen LogP contribution in [0.5, 0.6) is 5.75 Å². The van der Waals surface area contributed by atoms with Crippen LogP contribution in [-0.2, 0) is 4.79 Å². The summed E-state index contributed by atoms with van der Waals surface area (Å²) in [7, 11) is 0. The first kappa shape index (κ1) is 19.1. The Hall–Kier alpha value is -3.28. The van der Waals surface area contributed by atoms with Crippen molar-refractivity contribution in [1.82, 2.24) is 5.32 Å². The Morgan fingerprint density at radius 2 is 2.07 bits per heavy atom. The Balaban J connectivity index is 1.52. The van der Waals surface area contributed by atoms with Crippen LogP contribution in [-0.4, -0.2) is 25.0 Å². The van der Waals surface area contributed by atoms with Crippen molar-refractivity contribution >= 4 is 28.5 Å². The number of nitrogens with zero attached hydrogens (tertiary/aromatic N) is 1. The number of hydrogen-bond acceptors (Lipinski definition) is 4. The molecule has 6 heteroatoms. The number of furan rings is 1. The molecule has 1 atom stereocenters. The molecule has 150 valence electrons. The van der Waals surface area contributed by atoms with Gasteiger partial charge in [0.15, 0.2) is 11.3 Å². The maximum atomic E-state index is 12.8. The minimum atomic E-state index is -0.318. The highest BCUT2D eigenvalue weighted by Gasteiger charge is 2.23. The fraction of sp³-hybridized carbons (Fsp3) is 0.304. The molecule has 1 aromatic heterocycles. The van der Waals surface area contributed by atoms with Gasteiger partial charge in [0.2, 0.25) is 5.91 Å². The topological polar surface area (TPSA) is 71.8 Å². The van der Waals surface area contributed by atoms with Crippen molar-refractivity contribution in [1.29, 1.82) is 0 Å². The number of carbonyl (C=O) groups excluding carboxylic acids is 2. The maximum absolute atomic E-state index is 12.8. The van der Waals surface area contributed by atoms with Gasteiger partial charge in [-0.15, -0.1) is 0 Å². The third kappa shape index (κ3) is 3.83. The molecule has 0 radical (unpaired) electrons. The number of amides is 2. The summed E-state index contributed by atoms with van der Waals surface area (Å²) in [6.07, 6.45) is 1.41. The number of hydrogen-bond donors (Lipinski definition) is 1. The molecule has 3 aromatic rings. The van der Waals surface area contributed by atoms with E-state index in [2.05, 4.69) is 5.32 Å². The first-order valence-corrected chi connectivity index (χ1v) is 9.93. The van der Waals surface area contributed by atoms with Gasteiger partial charge in [0.1, 0.15) is 5.76 Å². The summed E-state index contributed by atoms with van der Waals surface area (Å²) < 4.78 is 11.6. The van der Waals surface area contributed by atoms with E-state index in [1.54, 1.807) is 23.1 Å². The number of fused-ring (bicyclic) bond motifs is 1. The number of ether oxygens (including phenoxy) is 1. The van der Waals surface area contributed by atoms with Gasteiger partial charge in [0.05, 0.1) is 12.6 Å². The van der Waals surface area contributed by atoms with Crippen molar-refractivity contribution in [2.75, 3.05) is 18.1 Å². The number of para-hydroxylation sites is 1. The number of rotatable bonds is 6. The minimum Gasteiger partial charge on any atom is -0.490 e. The molecule has 2 heterocycles. The lowest BCUT2D eigenvalue weighted by molar-refractivity contribution is -0.117. The monoisotopic (exact) mass is 392 g/mol. The van der Waals surface area contributed by atoms with Crippen molar-refractivity contribution in [2.45, 2.75) is 32.7 Å². The van der Waals surface area contributed by atoms with Crippen molar-refractivity contribution in [2.24, 2.45) is 0 Å².